The van der Waals surface area contributed by atoms with E-state index < -0.39 is 0 Å². The second kappa shape index (κ2) is 7.49. The van der Waals surface area contributed by atoms with E-state index in [1.165, 1.54) is 12.0 Å². The van der Waals surface area contributed by atoms with Crippen molar-refractivity contribution in [3.8, 4) is 0 Å². The number of benzene rings is 1. The van der Waals surface area contributed by atoms with Crippen LogP contribution in [-0.4, -0.2) is 60.1 Å². The molecule has 2 saturated heterocycles. The summed E-state index contributed by atoms with van der Waals surface area (Å²) in [5.74, 6) is 2.67. The Hall–Kier alpha value is -1.04. The molecule has 0 spiro atoms. The number of amides is 1. The summed E-state index contributed by atoms with van der Waals surface area (Å²) < 4.78 is 0. The zero-order chi connectivity index (χ0) is 15.4. The van der Waals surface area contributed by atoms with Crippen LogP contribution in [0.25, 0.3) is 0 Å². The average molecular weight is 319 g/mol. The maximum Gasteiger partial charge on any atom is 0.240 e. The molecule has 2 heterocycles. The number of nitrogens with zero attached hydrogens (tertiary/aromatic N) is 2. The summed E-state index contributed by atoms with van der Waals surface area (Å²) >= 11 is 1.81. The molecular formula is C17H25N3OS. The maximum atomic E-state index is 12.3. The van der Waals surface area contributed by atoms with Crippen molar-refractivity contribution in [1.29, 1.82) is 0 Å². The molecule has 2 atom stereocenters. The van der Waals surface area contributed by atoms with Crippen LogP contribution in [0.1, 0.15) is 12.0 Å². The van der Waals surface area contributed by atoms with Gasteiger partial charge in [0.15, 0.2) is 0 Å². The Balaban J connectivity index is 1.45. The lowest BCUT2D eigenvalue weighted by Gasteiger charge is -2.24. The van der Waals surface area contributed by atoms with Crippen LogP contribution in [-0.2, 0) is 11.3 Å². The summed E-state index contributed by atoms with van der Waals surface area (Å²) in [6.45, 7) is 4.14. The van der Waals surface area contributed by atoms with Gasteiger partial charge in [-0.05, 0) is 24.4 Å². The van der Waals surface area contributed by atoms with E-state index in [4.69, 9.17) is 0 Å². The van der Waals surface area contributed by atoms with Gasteiger partial charge in [-0.1, -0.05) is 30.3 Å². The van der Waals surface area contributed by atoms with E-state index in [0.717, 1.165) is 37.8 Å². The number of hydrogen-bond donors (Lipinski definition) is 1. The van der Waals surface area contributed by atoms with Crippen molar-refractivity contribution in [3.63, 3.8) is 0 Å². The first-order valence-electron chi connectivity index (χ1n) is 8.05. The van der Waals surface area contributed by atoms with Crippen LogP contribution in [0.4, 0.5) is 0 Å². The minimum Gasteiger partial charge on any atom is -0.344 e. The largest absolute Gasteiger partial charge is 0.344 e. The van der Waals surface area contributed by atoms with Crippen LogP contribution in [0.5, 0.6) is 0 Å². The summed E-state index contributed by atoms with van der Waals surface area (Å²) in [4.78, 5) is 16.8. The third-order valence-corrected chi connectivity index (χ3v) is 5.48. The number of nitrogens with one attached hydrogen (secondary N) is 1. The molecule has 1 aromatic rings. The van der Waals surface area contributed by atoms with E-state index in [1.807, 2.05) is 11.9 Å². The summed E-state index contributed by atoms with van der Waals surface area (Å²) in [5, 5.41) is 3.26. The van der Waals surface area contributed by atoms with Crippen LogP contribution in [0.3, 0.4) is 0 Å². The summed E-state index contributed by atoms with van der Waals surface area (Å²) in [6, 6.07) is 10.7. The molecule has 0 aliphatic carbocycles. The SMILES string of the molecule is CN(CC1CCN(Cc2ccccc2)C1)C(=O)C1CSCN1. The molecule has 5 heteroatoms. The van der Waals surface area contributed by atoms with Gasteiger partial charge in [0.05, 0.1) is 6.04 Å². The lowest BCUT2D eigenvalue weighted by Crippen LogP contribution is -2.44. The fraction of sp³-hybridized carbons (Fsp3) is 0.588. The molecule has 2 aliphatic rings. The normalized spacial score (nSPS) is 25.5. The van der Waals surface area contributed by atoms with E-state index in [9.17, 15) is 4.79 Å². The van der Waals surface area contributed by atoms with Gasteiger partial charge in [0.25, 0.3) is 0 Å². The maximum absolute atomic E-state index is 12.3. The Bertz CT molecular complexity index is 490. The fourth-order valence-electron chi connectivity index (χ4n) is 3.34. The Labute approximate surface area is 137 Å². The van der Waals surface area contributed by atoms with E-state index in [0.29, 0.717) is 5.92 Å². The topological polar surface area (TPSA) is 35.6 Å². The molecule has 0 aromatic heterocycles. The highest BCUT2D eigenvalue weighted by Crippen LogP contribution is 2.20. The number of carbonyl (C=O) groups is 1. The number of carbonyl (C=O) groups excluding carboxylic acids is 1. The van der Waals surface area contributed by atoms with E-state index in [2.05, 4.69) is 40.5 Å². The summed E-state index contributed by atoms with van der Waals surface area (Å²) in [7, 11) is 1.95. The van der Waals surface area contributed by atoms with Gasteiger partial charge in [-0.3, -0.25) is 15.0 Å². The molecule has 0 bridgehead atoms. The van der Waals surface area contributed by atoms with Crippen LogP contribution >= 0.6 is 11.8 Å². The first-order chi connectivity index (χ1) is 10.7. The molecule has 2 aliphatic heterocycles. The van der Waals surface area contributed by atoms with E-state index in [-0.39, 0.29) is 11.9 Å². The van der Waals surface area contributed by atoms with Gasteiger partial charge < -0.3 is 4.90 Å². The van der Waals surface area contributed by atoms with Crippen LogP contribution < -0.4 is 5.32 Å². The Morgan fingerprint density at radius 3 is 2.95 bits per heavy atom. The smallest absolute Gasteiger partial charge is 0.240 e. The second-order valence-corrected chi connectivity index (χ2v) is 7.40. The molecule has 0 radical (unpaired) electrons. The summed E-state index contributed by atoms with van der Waals surface area (Å²) in [6.07, 6.45) is 1.19. The molecule has 4 nitrogen and oxygen atoms in total. The predicted octanol–water partition coefficient (Wildman–Crippen LogP) is 1.63. The van der Waals surface area contributed by atoms with Crippen molar-refractivity contribution in [2.45, 2.75) is 19.0 Å². The zero-order valence-corrected chi connectivity index (χ0v) is 14.0. The van der Waals surface area contributed by atoms with Crippen molar-refractivity contribution >= 4 is 17.7 Å². The quantitative estimate of drug-likeness (QED) is 0.895. The molecule has 22 heavy (non-hydrogen) atoms. The molecule has 3 rings (SSSR count). The highest BCUT2D eigenvalue weighted by atomic mass is 32.2. The third-order valence-electron chi connectivity index (χ3n) is 4.54. The number of thioether (sulfide) groups is 1. The van der Waals surface area contributed by atoms with E-state index in [1.54, 1.807) is 11.8 Å². The molecule has 1 amide bonds. The van der Waals surface area contributed by atoms with Gasteiger partial charge in [0.2, 0.25) is 5.91 Å². The van der Waals surface area contributed by atoms with E-state index >= 15 is 0 Å². The van der Waals surface area contributed by atoms with Crippen molar-refractivity contribution in [3.05, 3.63) is 35.9 Å². The van der Waals surface area contributed by atoms with Gasteiger partial charge >= 0.3 is 0 Å². The fourth-order valence-corrected chi connectivity index (χ4v) is 4.28. The molecule has 2 unspecified atom stereocenters. The zero-order valence-electron chi connectivity index (χ0n) is 13.2. The standard InChI is InChI=1S/C17H25N3OS/c1-19(17(21)16-12-22-13-18-16)9-15-7-8-20(11-15)10-14-5-3-2-4-6-14/h2-6,15-16,18H,7-13H2,1H3. The Morgan fingerprint density at radius 2 is 2.23 bits per heavy atom. The molecule has 1 aromatic carbocycles. The summed E-state index contributed by atoms with van der Waals surface area (Å²) in [5.41, 5.74) is 1.37. The van der Waals surface area contributed by atoms with Crippen LogP contribution in [0.2, 0.25) is 0 Å². The molecule has 1 N–H and O–H groups in total. The molecule has 120 valence electrons. The number of hydrogen-bond acceptors (Lipinski definition) is 4. The highest BCUT2D eigenvalue weighted by molar-refractivity contribution is 7.99. The van der Waals surface area contributed by atoms with Crippen molar-refractivity contribution < 1.29 is 4.79 Å². The second-order valence-electron chi connectivity index (χ2n) is 6.37. The number of likely N-dealkylation sites (tertiary alicyclic amines) is 1. The lowest BCUT2D eigenvalue weighted by molar-refractivity contribution is -0.131. The van der Waals surface area contributed by atoms with Gasteiger partial charge in [0.1, 0.15) is 0 Å². The highest BCUT2D eigenvalue weighted by Gasteiger charge is 2.29. The lowest BCUT2D eigenvalue weighted by atomic mass is 10.1. The number of likely N-dealkylation sites (N-methyl/N-ethyl adjacent to an activating group) is 1. The number of rotatable bonds is 5. The van der Waals surface area contributed by atoms with Crippen molar-refractivity contribution in [1.82, 2.24) is 15.1 Å². The monoisotopic (exact) mass is 319 g/mol. The minimum absolute atomic E-state index is 0.0248. The van der Waals surface area contributed by atoms with Crippen LogP contribution in [0.15, 0.2) is 30.3 Å². The molecule has 2 fully saturated rings. The first-order valence-corrected chi connectivity index (χ1v) is 9.20. The van der Waals surface area contributed by atoms with Gasteiger partial charge in [-0.2, -0.15) is 0 Å². The van der Waals surface area contributed by atoms with Crippen LogP contribution in [0, 0.1) is 5.92 Å². The molecule has 0 saturated carbocycles. The van der Waals surface area contributed by atoms with Crippen molar-refractivity contribution in [2.75, 3.05) is 38.3 Å². The Morgan fingerprint density at radius 1 is 1.41 bits per heavy atom. The minimum atomic E-state index is 0.0248. The molecular weight excluding hydrogens is 294 g/mol. The Kier molecular flexibility index (Phi) is 5.39. The predicted molar refractivity (Wildman–Crippen MR) is 91.7 cm³/mol. The third kappa shape index (κ3) is 4.03. The van der Waals surface area contributed by atoms with Gasteiger partial charge in [-0.25, -0.2) is 0 Å². The van der Waals surface area contributed by atoms with Gasteiger partial charge in [-0.15, -0.1) is 11.8 Å². The first kappa shape index (κ1) is 15.8. The van der Waals surface area contributed by atoms with Gasteiger partial charge in [0, 0.05) is 38.3 Å². The van der Waals surface area contributed by atoms with Crippen molar-refractivity contribution in [2.24, 2.45) is 5.92 Å². The average Bonchev–Trinajstić information content (AvgIpc) is 3.19.